The van der Waals surface area contributed by atoms with Crippen LogP contribution in [0.25, 0.3) is 0 Å². The van der Waals surface area contributed by atoms with E-state index in [0.717, 1.165) is 5.56 Å². The summed E-state index contributed by atoms with van der Waals surface area (Å²) in [7, 11) is 1.34. The summed E-state index contributed by atoms with van der Waals surface area (Å²) in [6.45, 7) is 0.526. The maximum absolute atomic E-state index is 12.9. The van der Waals surface area contributed by atoms with Crippen molar-refractivity contribution in [1.82, 2.24) is 5.32 Å². The van der Waals surface area contributed by atoms with Crippen LogP contribution in [-0.2, 0) is 16.1 Å². The molecule has 1 N–H and O–H groups in total. The average Bonchev–Trinajstić information content (AvgIpc) is 2.50. The molecule has 0 fully saturated rings. The van der Waals surface area contributed by atoms with Crippen molar-refractivity contribution < 1.29 is 13.9 Å². The first-order valence-electron chi connectivity index (χ1n) is 6.31. The van der Waals surface area contributed by atoms with Gasteiger partial charge in [0.15, 0.2) is 0 Å². The van der Waals surface area contributed by atoms with Gasteiger partial charge in [-0.15, -0.1) is 12.4 Å². The molecule has 0 heterocycles. The lowest BCUT2D eigenvalue weighted by molar-refractivity contribution is -0.143. The number of carbonyl (C=O) groups is 1. The van der Waals surface area contributed by atoms with Crippen molar-refractivity contribution in [2.24, 2.45) is 0 Å². The summed E-state index contributed by atoms with van der Waals surface area (Å²) >= 11 is 0. The molecule has 2 aromatic carbocycles. The van der Waals surface area contributed by atoms with E-state index in [9.17, 15) is 9.18 Å². The molecular weight excluding hydrogens is 293 g/mol. The predicted octanol–water partition coefficient (Wildman–Crippen LogP) is 3.25. The molecule has 1 atom stereocenters. The number of benzene rings is 2. The summed E-state index contributed by atoms with van der Waals surface area (Å²) in [6.07, 6.45) is 0. The fourth-order valence-corrected chi connectivity index (χ4v) is 1.93. The van der Waals surface area contributed by atoms with Crippen LogP contribution in [0.1, 0.15) is 17.2 Å². The molecule has 2 aromatic rings. The molecular formula is C16H17ClFNO2. The van der Waals surface area contributed by atoms with Crippen LogP contribution in [0.15, 0.2) is 54.6 Å². The fraction of sp³-hybridized carbons (Fsp3) is 0.188. The van der Waals surface area contributed by atoms with Crippen LogP contribution in [0.3, 0.4) is 0 Å². The molecule has 0 aromatic heterocycles. The number of methoxy groups -OCH3 is 1. The Bertz CT molecular complexity index is 560. The van der Waals surface area contributed by atoms with E-state index in [-0.39, 0.29) is 18.2 Å². The topological polar surface area (TPSA) is 38.3 Å². The van der Waals surface area contributed by atoms with Crippen LogP contribution < -0.4 is 5.32 Å². The van der Waals surface area contributed by atoms with Crippen molar-refractivity contribution in [3.63, 3.8) is 0 Å². The van der Waals surface area contributed by atoms with E-state index in [1.54, 1.807) is 12.1 Å². The van der Waals surface area contributed by atoms with Gasteiger partial charge in [-0.2, -0.15) is 0 Å². The largest absolute Gasteiger partial charge is 0.468 e. The minimum Gasteiger partial charge on any atom is -0.468 e. The standard InChI is InChI=1S/C16H16FNO2.ClH/c1-20-16(19)15(13-7-9-14(17)10-8-13)18-11-12-5-3-2-4-6-12;/h2-10,15,18H,11H2,1H3;1H. The number of esters is 1. The summed E-state index contributed by atoms with van der Waals surface area (Å²) in [5.41, 5.74) is 1.73. The normalized spacial score (nSPS) is 11.3. The maximum atomic E-state index is 12.9. The molecule has 0 spiro atoms. The molecule has 2 rings (SSSR count). The van der Waals surface area contributed by atoms with Crippen LogP contribution in [0.2, 0.25) is 0 Å². The first kappa shape index (κ1) is 17.1. The van der Waals surface area contributed by atoms with Crippen LogP contribution in [-0.4, -0.2) is 13.1 Å². The number of carbonyl (C=O) groups excluding carboxylic acids is 1. The highest BCUT2D eigenvalue weighted by atomic mass is 35.5. The second kappa shape index (κ2) is 8.39. The number of rotatable bonds is 5. The van der Waals surface area contributed by atoms with E-state index >= 15 is 0 Å². The second-order valence-corrected chi connectivity index (χ2v) is 4.37. The van der Waals surface area contributed by atoms with Gasteiger partial charge in [0, 0.05) is 6.54 Å². The van der Waals surface area contributed by atoms with E-state index in [2.05, 4.69) is 5.32 Å². The summed E-state index contributed by atoms with van der Waals surface area (Å²) < 4.78 is 17.7. The maximum Gasteiger partial charge on any atom is 0.327 e. The highest BCUT2D eigenvalue weighted by Crippen LogP contribution is 2.16. The van der Waals surface area contributed by atoms with E-state index in [4.69, 9.17) is 4.74 Å². The van der Waals surface area contributed by atoms with E-state index in [0.29, 0.717) is 12.1 Å². The zero-order valence-electron chi connectivity index (χ0n) is 11.6. The Balaban J connectivity index is 0.00000220. The fourth-order valence-electron chi connectivity index (χ4n) is 1.93. The predicted molar refractivity (Wildman–Crippen MR) is 81.7 cm³/mol. The molecule has 112 valence electrons. The van der Waals surface area contributed by atoms with Gasteiger partial charge in [0.1, 0.15) is 11.9 Å². The van der Waals surface area contributed by atoms with Crippen LogP contribution in [0.4, 0.5) is 4.39 Å². The Morgan fingerprint density at radius 2 is 1.76 bits per heavy atom. The average molecular weight is 310 g/mol. The Morgan fingerprint density at radius 3 is 2.33 bits per heavy atom. The van der Waals surface area contributed by atoms with Crippen LogP contribution in [0.5, 0.6) is 0 Å². The number of hydrogen-bond acceptors (Lipinski definition) is 3. The van der Waals surface area contributed by atoms with Crippen molar-refractivity contribution in [3.05, 3.63) is 71.5 Å². The highest BCUT2D eigenvalue weighted by molar-refractivity contribution is 5.85. The molecule has 0 saturated heterocycles. The Morgan fingerprint density at radius 1 is 1.14 bits per heavy atom. The Kier molecular flexibility index (Phi) is 6.85. The van der Waals surface area contributed by atoms with Crippen LogP contribution >= 0.6 is 12.4 Å². The lowest BCUT2D eigenvalue weighted by atomic mass is 10.1. The molecule has 0 aliphatic rings. The summed E-state index contributed by atoms with van der Waals surface area (Å²) in [6, 6.07) is 14.9. The van der Waals surface area contributed by atoms with E-state index in [1.807, 2.05) is 30.3 Å². The van der Waals surface area contributed by atoms with Gasteiger partial charge in [-0.1, -0.05) is 42.5 Å². The van der Waals surface area contributed by atoms with Crippen molar-refractivity contribution in [3.8, 4) is 0 Å². The third-order valence-corrected chi connectivity index (χ3v) is 2.99. The summed E-state index contributed by atoms with van der Waals surface area (Å²) in [5, 5.41) is 3.13. The number of halogens is 2. The van der Waals surface area contributed by atoms with Gasteiger partial charge in [0.2, 0.25) is 0 Å². The Hall–Kier alpha value is -1.91. The summed E-state index contributed by atoms with van der Waals surface area (Å²) in [4.78, 5) is 11.8. The van der Waals surface area contributed by atoms with E-state index < -0.39 is 12.0 Å². The summed E-state index contributed by atoms with van der Waals surface area (Å²) in [5.74, 6) is -0.729. The van der Waals surface area contributed by atoms with E-state index in [1.165, 1.54) is 19.2 Å². The lowest BCUT2D eigenvalue weighted by Crippen LogP contribution is -2.29. The van der Waals surface area contributed by atoms with Gasteiger partial charge in [0.05, 0.1) is 7.11 Å². The molecule has 0 aliphatic carbocycles. The monoisotopic (exact) mass is 309 g/mol. The van der Waals surface area contributed by atoms with Gasteiger partial charge in [-0.05, 0) is 23.3 Å². The zero-order valence-corrected chi connectivity index (χ0v) is 12.4. The molecule has 0 bridgehead atoms. The van der Waals surface area contributed by atoms with Crippen molar-refractivity contribution in [2.45, 2.75) is 12.6 Å². The number of hydrogen-bond donors (Lipinski definition) is 1. The Labute approximate surface area is 129 Å². The second-order valence-electron chi connectivity index (χ2n) is 4.37. The third kappa shape index (κ3) is 4.85. The molecule has 0 amide bonds. The van der Waals surface area contributed by atoms with Crippen molar-refractivity contribution in [1.29, 1.82) is 0 Å². The zero-order chi connectivity index (χ0) is 14.4. The quantitative estimate of drug-likeness (QED) is 0.862. The van der Waals surface area contributed by atoms with Gasteiger partial charge in [-0.25, -0.2) is 9.18 Å². The molecule has 0 aliphatic heterocycles. The SMILES string of the molecule is COC(=O)C(NCc1ccccc1)c1ccc(F)cc1.Cl. The molecule has 0 radical (unpaired) electrons. The van der Waals surface area contributed by atoms with Crippen molar-refractivity contribution >= 4 is 18.4 Å². The van der Waals surface area contributed by atoms with Crippen LogP contribution in [0, 0.1) is 5.82 Å². The van der Waals surface area contributed by atoms with Gasteiger partial charge in [-0.3, -0.25) is 5.32 Å². The minimum atomic E-state index is -0.610. The number of ether oxygens (including phenoxy) is 1. The smallest absolute Gasteiger partial charge is 0.327 e. The number of nitrogens with one attached hydrogen (secondary N) is 1. The van der Waals surface area contributed by atoms with Gasteiger partial charge >= 0.3 is 5.97 Å². The van der Waals surface area contributed by atoms with Gasteiger partial charge in [0.25, 0.3) is 0 Å². The first-order valence-corrected chi connectivity index (χ1v) is 6.31. The lowest BCUT2D eigenvalue weighted by Gasteiger charge is -2.17. The van der Waals surface area contributed by atoms with Gasteiger partial charge < -0.3 is 4.74 Å². The first-order chi connectivity index (χ1) is 9.70. The molecule has 5 heteroatoms. The molecule has 3 nitrogen and oxygen atoms in total. The molecule has 0 saturated carbocycles. The van der Waals surface area contributed by atoms with Crippen molar-refractivity contribution in [2.75, 3.05) is 7.11 Å². The highest BCUT2D eigenvalue weighted by Gasteiger charge is 2.20. The third-order valence-electron chi connectivity index (χ3n) is 2.99. The molecule has 21 heavy (non-hydrogen) atoms. The molecule has 1 unspecified atom stereocenters. The minimum absolute atomic E-state index is 0.